The van der Waals surface area contributed by atoms with Gasteiger partial charge in [-0.05, 0) is 31.0 Å². The lowest BCUT2D eigenvalue weighted by atomic mass is 10.2. The van der Waals surface area contributed by atoms with E-state index in [2.05, 4.69) is 48.4 Å². The topological polar surface area (TPSA) is 24.4 Å². The van der Waals surface area contributed by atoms with Crippen molar-refractivity contribution in [2.24, 2.45) is 4.99 Å². The van der Waals surface area contributed by atoms with Gasteiger partial charge in [0, 0.05) is 10.9 Å². The van der Waals surface area contributed by atoms with Crippen LogP contribution in [0.4, 0.5) is 5.69 Å². The normalized spacial score (nSPS) is 20.1. The average molecular weight is 220 g/mol. The Morgan fingerprint density at radius 2 is 2.40 bits per heavy atom. The van der Waals surface area contributed by atoms with Crippen LogP contribution in [0.5, 0.6) is 0 Å². The Balaban J connectivity index is 1.98. The van der Waals surface area contributed by atoms with Crippen molar-refractivity contribution in [1.29, 1.82) is 0 Å². The molecule has 3 heteroatoms. The summed E-state index contributed by atoms with van der Waals surface area (Å²) in [6.45, 7) is 5.27. The highest BCUT2D eigenvalue weighted by molar-refractivity contribution is 8.15. The van der Waals surface area contributed by atoms with Crippen LogP contribution in [0, 0.1) is 6.92 Å². The zero-order valence-electron chi connectivity index (χ0n) is 9.16. The summed E-state index contributed by atoms with van der Waals surface area (Å²) >= 11 is 1.85. The summed E-state index contributed by atoms with van der Waals surface area (Å²) in [5.41, 5.74) is 2.41. The Bertz CT molecular complexity index is 374. The molecule has 0 radical (unpaired) electrons. The fourth-order valence-electron chi connectivity index (χ4n) is 1.54. The average Bonchev–Trinajstić information content (AvgIpc) is 2.65. The van der Waals surface area contributed by atoms with E-state index in [1.807, 2.05) is 11.8 Å². The minimum absolute atomic E-state index is 0.664. The van der Waals surface area contributed by atoms with Gasteiger partial charge in [-0.2, -0.15) is 0 Å². The van der Waals surface area contributed by atoms with Crippen LogP contribution >= 0.6 is 11.8 Å². The van der Waals surface area contributed by atoms with Crippen molar-refractivity contribution in [3.05, 3.63) is 29.8 Å². The Labute approximate surface area is 95.2 Å². The van der Waals surface area contributed by atoms with Crippen LogP contribution in [0.15, 0.2) is 29.3 Å². The fourth-order valence-corrected chi connectivity index (χ4v) is 2.50. The third kappa shape index (κ3) is 2.75. The molecule has 1 atom stereocenters. The summed E-state index contributed by atoms with van der Waals surface area (Å²) in [7, 11) is 0. The Kier molecular flexibility index (Phi) is 3.31. The van der Waals surface area contributed by atoms with Gasteiger partial charge in [-0.3, -0.25) is 4.99 Å². The number of aryl methyl sites for hydroxylation is 1. The van der Waals surface area contributed by atoms with Crippen molar-refractivity contribution in [3.8, 4) is 0 Å². The molecular weight excluding hydrogens is 204 g/mol. The highest BCUT2D eigenvalue weighted by Crippen LogP contribution is 2.24. The molecule has 2 rings (SSSR count). The second-order valence-electron chi connectivity index (χ2n) is 3.79. The molecule has 0 bridgehead atoms. The van der Waals surface area contributed by atoms with Gasteiger partial charge in [-0.1, -0.05) is 30.8 Å². The minimum Gasteiger partial charge on any atom is -0.335 e. The number of benzene rings is 1. The van der Waals surface area contributed by atoms with E-state index in [1.54, 1.807) is 0 Å². The molecule has 1 unspecified atom stereocenters. The van der Waals surface area contributed by atoms with Crippen molar-refractivity contribution in [1.82, 2.24) is 0 Å². The molecule has 1 aliphatic rings. The molecule has 80 valence electrons. The quantitative estimate of drug-likeness (QED) is 0.827. The number of aliphatic imine (C=N–C) groups is 1. The zero-order chi connectivity index (χ0) is 10.7. The first-order valence-electron chi connectivity index (χ1n) is 5.32. The minimum atomic E-state index is 0.664. The monoisotopic (exact) mass is 220 g/mol. The van der Waals surface area contributed by atoms with Gasteiger partial charge in [0.2, 0.25) is 0 Å². The third-order valence-corrected chi connectivity index (χ3v) is 3.71. The van der Waals surface area contributed by atoms with Crippen LogP contribution in [0.2, 0.25) is 0 Å². The van der Waals surface area contributed by atoms with Crippen molar-refractivity contribution < 1.29 is 0 Å². The van der Waals surface area contributed by atoms with E-state index in [0.717, 1.165) is 17.4 Å². The van der Waals surface area contributed by atoms with Crippen LogP contribution in [-0.4, -0.2) is 17.0 Å². The van der Waals surface area contributed by atoms with Crippen molar-refractivity contribution in [2.75, 3.05) is 11.9 Å². The van der Waals surface area contributed by atoms with E-state index < -0.39 is 0 Å². The maximum absolute atomic E-state index is 4.48. The maximum atomic E-state index is 4.48. The number of rotatable bonds is 2. The second-order valence-corrected chi connectivity index (χ2v) is 5.08. The van der Waals surface area contributed by atoms with E-state index in [9.17, 15) is 0 Å². The number of hydrogen-bond acceptors (Lipinski definition) is 3. The van der Waals surface area contributed by atoms with Gasteiger partial charge in [0.15, 0.2) is 5.17 Å². The van der Waals surface area contributed by atoms with Gasteiger partial charge in [-0.25, -0.2) is 0 Å². The highest BCUT2D eigenvalue weighted by Gasteiger charge is 2.17. The Morgan fingerprint density at radius 3 is 3.07 bits per heavy atom. The molecule has 0 aliphatic carbocycles. The summed E-state index contributed by atoms with van der Waals surface area (Å²) in [6.07, 6.45) is 1.19. The first-order valence-corrected chi connectivity index (χ1v) is 6.20. The summed E-state index contributed by atoms with van der Waals surface area (Å²) in [5.74, 6) is 0. The van der Waals surface area contributed by atoms with Crippen LogP contribution in [0.1, 0.15) is 18.9 Å². The summed E-state index contributed by atoms with van der Waals surface area (Å²) in [4.78, 5) is 4.48. The third-order valence-electron chi connectivity index (χ3n) is 2.44. The van der Waals surface area contributed by atoms with Gasteiger partial charge in [-0.15, -0.1) is 0 Å². The number of thioether (sulfide) groups is 1. The summed E-state index contributed by atoms with van der Waals surface area (Å²) in [5, 5.41) is 5.09. The maximum Gasteiger partial charge on any atom is 0.161 e. The standard InChI is InChI=1S/C12H16N2S/c1-3-11-8-13-12(15-11)14-10-6-4-5-9(2)7-10/h4-7,11H,3,8H2,1-2H3,(H,13,14). The van der Waals surface area contributed by atoms with Crippen LogP contribution in [0.25, 0.3) is 0 Å². The van der Waals surface area contributed by atoms with E-state index in [0.29, 0.717) is 5.25 Å². The zero-order valence-corrected chi connectivity index (χ0v) is 9.97. The predicted molar refractivity (Wildman–Crippen MR) is 68.8 cm³/mol. The van der Waals surface area contributed by atoms with Crippen LogP contribution in [-0.2, 0) is 0 Å². The van der Waals surface area contributed by atoms with E-state index in [1.165, 1.54) is 12.0 Å². The van der Waals surface area contributed by atoms with Crippen LogP contribution in [0.3, 0.4) is 0 Å². The fraction of sp³-hybridized carbons (Fsp3) is 0.417. The van der Waals surface area contributed by atoms with Gasteiger partial charge in [0.25, 0.3) is 0 Å². The predicted octanol–water partition coefficient (Wildman–Crippen LogP) is 3.29. The smallest absolute Gasteiger partial charge is 0.161 e. The largest absolute Gasteiger partial charge is 0.335 e. The molecule has 0 spiro atoms. The first-order chi connectivity index (χ1) is 7.28. The van der Waals surface area contributed by atoms with Gasteiger partial charge in [0.1, 0.15) is 0 Å². The first kappa shape index (κ1) is 10.6. The number of anilines is 1. The molecule has 15 heavy (non-hydrogen) atoms. The van der Waals surface area contributed by atoms with Crippen molar-refractivity contribution in [2.45, 2.75) is 25.5 Å². The molecule has 0 amide bonds. The molecule has 2 nitrogen and oxygen atoms in total. The second kappa shape index (κ2) is 4.71. The number of nitrogens with zero attached hydrogens (tertiary/aromatic N) is 1. The van der Waals surface area contributed by atoms with E-state index >= 15 is 0 Å². The lowest BCUT2D eigenvalue weighted by Gasteiger charge is -2.07. The number of nitrogens with one attached hydrogen (secondary N) is 1. The molecule has 0 saturated heterocycles. The van der Waals surface area contributed by atoms with Crippen molar-refractivity contribution in [3.63, 3.8) is 0 Å². The van der Waals surface area contributed by atoms with Crippen molar-refractivity contribution >= 4 is 22.6 Å². The molecule has 1 aromatic carbocycles. The van der Waals surface area contributed by atoms with Gasteiger partial charge < -0.3 is 5.32 Å². The van der Waals surface area contributed by atoms with Gasteiger partial charge in [0.05, 0.1) is 6.54 Å². The highest BCUT2D eigenvalue weighted by atomic mass is 32.2. The molecule has 1 aliphatic heterocycles. The number of hydrogen-bond donors (Lipinski definition) is 1. The SMILES string of the molecule is CCC1CN=C(Nc2cccc(C)c2)S1. The Hall–Kier alpha value is -0.960. The molecule has 1 heterocycles. The lowest BCUT2D eigenvalue weighted by molar-refractivity contribution is 0.843. The number of amidine groups is 1. The molecule has 0 fully saturated rings. The Morgan fingerprint density at radius 1 is 1.53 bits per heavy atom. The molecular formula is C12H16N2S. The molecule has 0 saturated carbocycles. The van der Waals surface area contributed by atoms with E-state index in [-0.39, 0.29) is 0 Å². The summed E-state index contributed by atoms with van der Waals surface area (Å²) in [6, 6.07) is 8.39. The van der Waals surface area contributed by atoms with E-state index in [4.69, 9.17) is 0 Å². The molecule has 1 aromatic rings. The molecule has 1 N–H and O–H groups in total. The van der Waals surface area contributed by atoms with Crippen LogP contribution < -0.4 is 5.32 Å². The lowest BCUT2D eigenvalue weighted by Crippen LogP contribution is -2.06. The molecule has 0 aromatic heterocycles. The van der Waals surface area contributed by atoms with Gasteiger partial charge >= 0.3 is 0 Å². The summed E-state index contributed by atoms with van der Waals surface area (Å²) < 4.78 is 0.